The zero-order chi connectivity index (χ0) is 20.1. The molecule has 3 heterocycles. The van der Waals surface area contributed by atoms with Crippen LogP contribution in [0, 0.1) is 0 Å². The summed E-state index contributed by atoms with van der Waals surface area (Å²) in [6, 6.07) is 5.23. The SMILES string of the molecule is CC(=O)N1CC(Oc2cc(C(=O)Nc3ccn(C)n3)cc3c2CC(C)(C)O3)C1. The highest BCUT2D eigenvalue weighted by Crippen LogP contribution is 2.42. The number of carbonyl (C=O) groups excluding carboxylic acids is 2. The molecule has 1 saturated heterocycles. The standard InChI is InChI=1S/C20H24N4O4/c1-12(25)24-10-14(11-24)27-16-7-13(8-17-15(16)9-20(2,3)28-17)19(26)21-18-5-6-23(4)22-18/h5-8,14H,9-11H2,1-4H3,(H,21,22,26). The number of nitrogens with zero attached hydrogens (tertiary/aromatic N) is 3. The van der Waals surface area contributed by atoms with E-state index in [9.17, 15) is 9.59 Å². The van der Waals surface area contributed by atoms with E-state index in [2.05, 4.69) is 10.4 Å². The van der Waals surface area contributed by atoms with Crippen molar-refractivity contribution in [2.45, 2.75) is 38.9 Å². The van der Waals surface area contributed by atoms with Gasteiger partial charge in [0.25, 0.3) is 5.91 Å². The lowest BCUT2D eigenvalue weighted by atomic mass is 9.99. The van der Waals surface area contributed by atoms with Gasteiger partial charge in [-0.25, -0.2) is 0 Å². The van der Waals surface area contributed by atoms with Crippen LogP contribution in [0.25, 0.3) is 0 Å². The fraction of sp³-hybridized carbons (Fsp3) is 0.450. The second kappa shape index (κ2) is 6.54. The molecule has 0 atom stereocenters. The second-order valence-corrected chi connectivity index (χ2v) is 7.98. The van der Waals surface area contributed by atoms with Crippen LogP contribution in [-0.4, -0.2) is 51.3 Å². The summed E-state index contributed by atoms with van der Waals surface area (Å²) < 4.78 is 13.8. The Balaban J connectivity index is 1.58. The molecule has 1 aromatic heterocycles. The van der Waals surface area contributed by atoms with Crippen LogP contribution in [0.3, 0.4) is 0 Å². The van der Waals surface area contributed by atoms with Gasteiger partial charge in [0.15, 0.2) is 5.82 Å². The molecule has 0 bridgehead atoms. The summed E-state index contributed by atoms with van der Waals surface area (Å²) in [6.45, 7) is 6.67. The van der Waals surface area contributed by atoms with Crippen molar-refractivity contribution in [3.8, 4) is 11.5 Å². The summed E-state index contributed by atoms with van der Waals surface area (Å²) in [5, 5.41) is 6.96. The number of ether oxygens (including phenoxy) is 2. The summed E-state index contributed by atoms with van der Waals surface area (Å²) in [7, 11) is 1.79. The Hall–Kier alpha value is -3.03. The maximum absolute atomic E-state index is 12.7. The predicted octanol–water partition coefficient (Wildman–Crippen LogP) is 2.00. The lowest BCUT2D eigenvalue weighted by Gasteiger charge is -2.38. The van der Waals surface area contributed by atoms with Crippen molar-refractivity contribution in [1.82, 2.24) is 14.7 Å². The second-order valence-electron chi connectivity index (χ2n) is 7.98. The number of hydrogen-bond acceptors (Lipinski definition) is 5. The molecule has 0 saturated carbocycles. The van der Waals surface area contributed by atoms with E-state index in [0.717, 1.165) is 5.56 Å². The number of hydrogen-bond donors (Lipinski definition) is 1. The number of carbonyl (C=O) groups is 2. The molecule has 2 aromatic rings. The number of benzene rings is 1. The van der Waals surface area contributed by atoms with Crippen molar-refractivity contribution in [1.29, 1.82) is 0 Å². The quantitative estimate of drug-likeness (QED) is 0.871. The zero-order valence-electron chi connectivity index (χ0n) is 16.5. The Morgan fingerprint density at radius 1 is 1.32 bits per heavy atom. The third-order valence-corrected chi connectivity index (χ3v) is 4.96. The lowest BCUT2D eigenvalue weighted by molar-refractivity contribution is -0.137. The van der Waals surface area contributed by atoms with E-state index in [1.54, 1.807) is 47.9 Å². The molecule has 28 heavy (non-hydrogen) atoms. The maximum Gasteiger partial charge on any atom is 0.257 e. The van der Waals surface area contributed by atoms with Crippen molar-refractivity contribution in [2.75, 3.05) is 18.4 Å². The molecular formula is C20H24N4O4. The van der Waals surface area contributed by atoms with Gasteiger partial charge in [-0.2, -0.15) is 5.10 Å². The highest BCUT2D eigenvalue weighted by atomic mass is 16.5. The smallest absolute Gasteiger partial charge is 0.257 e. The van der Waals surface area contributed by atoms with Crippen molar-refractivity contribution in [3.05, 3.63) is 35.5 Å². The van der Waals surface area contributed by atoms with Crippen LogP contribution >= 0.6 is 0 Å². The monoisotopic (exact) mass is 384 g/mol. The fourth-order valence-electron chi connectivity index (χ4n) is 3.50. The number of fused-ring (bicyclic) bond motifs is 1. The first kappa shape index (κ1) is 18.3. The van der Waals surface area contributed by atoms with E-state index in [1.807, 2.05) is 13.8 Å². The van der Waals surface area contributed by atoms with Gasteiger partial charge in [-0.05, 0) is 26.0 Å². The molecule has 1 N–H and O–H groups in total. The van der Waals surface area contributed by atoms with Crippen LogP contribution < -0.4 is 14.8 Å². The van der Waals surface area contributed by atoms with Gasteiger partial charge in [-0.15, -0.1) is 0 Å². The van der Waals surface area contributed by atoms with E-state index in [4.69, 9.17) is 9.47 Å². The van der Waals surface area contributed by atoms with E-state index in [0.29, 0.717) is 42.4 Å². The topological polar surface area (TPSA) is 85.7 Å². The molecular weight excluding hydrogens is 360 g/mol. The van der Waals surface area contributed by atoms with E-state index in [1.165, 1.54) is 0 Å². The van der Waals surface area contributed by atoms with Gasteiger partial charge >= 0.3 is 0 Å². The van der Waals surface area contributed by atoms with Gasteiger partial charge in [-0.3, -0.25) is 14.3 Å². The Morgan fingerprint density at radius 2 is 2.07 bits per heavy atom. The fourth-order valence-corrected chi connectivity index (χ4v) is 3.50. The number of rotatable bonds is 4. The molecule has 1 aromatic carbocycles. The number of amides is 2. The van der Waals surface area contributed by atoms with Crippen LogP contribution in [0.2, 0.25) is 0 Å². The number of aryl methyl sites for hydroxylation is 1. The third kappa shape index (κ3) is 3.54. The number of anilines is 1. The Bertz CT molecular complexity index is 944. The Labute approximate surface area is 163 Å². The molecule has 0 unspecified atom stereocenters. The van der Waals surface area contributed by atoms with E-state index >= 15 is 0 Å². The van der Waals surface area contributed by atoms with Gasteiger partial charge in [0.05, 0.1) is 13.1 Å². The molecule has 2 aliphatic heterocycles. The first-order valence-electron chi connectivity index (χ1n) is 9.29. The molecule has 0 aliphatic carbocycles. The third-order valence-electron chi connectivity index (χ3n) is 4.96. The van der Waals surface area contributed by atoms with Crippen LogP contribution in [0.15, 0.2) is 24.4 Å². The van der Waals surface area contributed by atoms with Gasteiger partial charge < -0.3 is 19.7 Å². The zero-order valence-corrected chi connectivity index (χ0v) is 16.5. The molecule has 2 aliphatic rings. The van der Waals surface area contributed by atoms with Gasteiger partial charge in [0.2, 0.25) is 5.91 Å². The first-order valence-corrected chi connectivity index (χ1v) is 9.29. The summed E-state index contributed by atoms with van der Waals surface area (Å²) in [5.74, 6) is 1.54. The number of likely N-dealkylation sites (tertiary alicyclic amines) is 1. The van der Waals surface area contributed by atoms with Gasteiger partial charge in [0.1, 0.15) is 23.2 Å². The average molecular weight is 384 g/mol. The summed E-state index contributed by atoms with van der Waals surface area (Å²) in [4.78, 5) is 25.9. The predicted molar refractivity (Wildman–Crippen MR) is 103 cm³/mol. The van der Waals surface area contributed by atoms with Crippen LogP contribution in [0.5, 0.6) is 11.5 Å². The highest BCUT2D eigenvalue weighted by Gasteiger charge is 2.36. The average Bonchev–Trinajstić information content (AvgIpc) is 3.10. The van der Waals surface area contributed by atoms with Crippen molar-refractivity contribution in [3.63, 3.8) is 0 Å². The molecule has 8 nitrogen and oxygen atoms in total. The number of nitrogens with one attached hydrogen (secondary N) is 1. The van der Waals surface area contributed by atoms with Gasteiger partial charge in [0, 0.05) is 43.8 Å². The van der Waals surface area contributed by atoms with E-state index < -0.39 is 0 Å². The van der Waals surface area contributed by atoms with Crippen molar-refractivity contribution in [2.24, 2.45) is 7.05 Å². The van der Waals surface area contributed by atoms with Crippen molar-refractivity contribution >= 4 is 17.6 Å². The minimum atomic E-state index is -0.360. The van der Waals surface area contributed by atoms with Crippen molar-refractivity contribution < 1.29 is 19.1 Å². The van der Waals surface area contributed by atoms with Crippen LogP contribution in [0.4, 0.5) is 5.82 Å². The molecule has 4 rings (SSSR count). The minimum absolute atomic E-state index is 0.0398. The molecule has 2 amide bonds. The molecule has 0 spiro atoms. The number of aromatic nitrogens is 2. The normalized spacial score (nSPS) is 17.5. The van der Waals surface area contributed by atoms with Crippen LogP contribution in [-0.2, 0) is 18.3 Å². The summed E-state index contributed by atoms with van der Waals surface area (Å²) in [5.41, 5.74) is 1.04. The Morgan fingerprint density at radius 3 is 2.71 bits per heavy atom. The first-order chi connectivity index (χ1) is 13.2. The van der Waals surface area contributed by atoms with Gasteiger partial charge in [-0.1, -0.05) is 0 Å². The van der Waals surface area contributed by atoms with Crippen LogP contribution in [0.1, 0.15) is 36.7 Å². The molecule has 8 heteroatoms. The largest absolute Gasteiger partial charge is 0.487 e. The lowest BCUT2D eigenvalue weighted by Crippen LogP contribution is -2.55. The molecule has 1 fully saturated rings. The Kier molecular flexibility index (Phi) is 4.28. The minimum Gasteiger partial charge on any atom is -0.487 e. The maximum atomic E-state index is 12.7. The molecule has 148 valence electrons. The molecule has 0 radical (unpaired) electrons. The highest BCUT2D eigenvalue weighted by molar-refractivity contribution is 6.04. The summed E-state index contributed by atoms with van der Waals surface area (Å²) in [6.07, 6.45) is 2.38. The van der Waals surface area contributed by atoms with E-state index in [-0.39, 0.29) is 23.5 Å². The summed E-state index contributed by atoms with van der Waals surface area (Å²) >= 11 is 0.